The Balaban J connectivity index is 2.91. The zero-order valence-electron chi connectivity index (χ0n) is 8.59. The Morgan fingerprint density at radius 1 is 1.43 bits per heavy atom. The van der Waals surface area contributed by atoms with E-state index in [9.17, 15) is 0 Å². The second-order valence-electron chi connectivity index (χ2n) is 3.62. The zero-order chi connectivity index (χ0) is 10.6. The summed E-state index contributed by atoms with van der Waals surface area (Å²) in [6, 6.07) is 5.97. The van der Waals surface area contributed by atoms with Crippen molar-refractivity contribution in [1.82, 2.24) is 0 Å². The molecule has 1 rings (SSSR count). The SMILES string of the molecule is CC(C)c1ccc(Cl)cc1CCON. The Kier molecular flexibility index (Phi) is 4.39. The molecule has 0 fully saturated rings. The van der Waals surface area contributed by atoms with Crippen molar-refractivity contribution < 1.29 is 4.84 Å². The summed E-state index contributed by atoms with van der Waals surface area (Å²) in [5, 5.41) is 0.765. The van der Waals surface area contributed by atoms with E-state index in [-0.39, 0.29) is 0 Å². The van der Waals surface area contributed by atoms with Gasteiger partial charge >= 0.3 is 0 Å². The van der Waals surface area contributed by atoms with Crippen LogP contribution in [-0.4, -0.2) is 6.61 Å². The molecule has 14 heavy (non-hydrogen) atoms. The molecule has 0 aromatic heterocycles. The van der Waals surface area contributed by atoms with Gasteiger partial charge in [0.1, 0.15) is 0 Å². The molecule has 0 saturated carbocycles. The van der Waals surface area contributed by atoms with Gasteiger partial charge < -0.3 is 4.84 Å². The molecule has 0 aliphatic carbocycles. The van der Waals surface area contributed by atoms with Crippen LogP contribution in [-0.2, 0) is 11.3 Å². The Morgan fingerprint density at radius 3 is 2.71 bits per heavy atom. The molecule has 0 unspecified atom stereocenters. The molecule has 2 nitrogen and oxygen atoms in total. The van der Waals surface area contributed by atoms with Crippen molar-refractivity contribution in [2.75, 3.05) is 6.61 Å². The third kappa shape index (κ3) is 2.98. The molecule has 0 bridgehead atoms. The van der Waals surface area contributed by atoms with Crippen LogP contribution in [0, 0.1) is 0 Å². The van der Waals surface area contributed by atoms with Gasteiger partial charge in [0.2, 0.25) is 0 Å². The van der Waals surface area contributed by atoms with E-state index in [1.54, 1.807) is 0 Å². The van der Waals surface area contributed by atoms with Crippen molar-refractivity contribution in [3.05, 3.63) is 34.3 Å². The van der Waals surface area contributed by atoms with E-state index in [4.69, 9.17) is 17.5 Å². The van der Waals surface area contributed by atoms with Gasteiger partial charge in [-0.2, -0.15) is 0 Å². The van der Waals surface area contributed by atoms with Crippen LogP contribution in [0.2, 0.25) is 5.02 Å². The summed E-state index contributed by atoms with van der Waals surface area (Å²) < 4.78 is 0. The molecular weight excluding hydrogens is 198 g/mol. The third-order valence-electron chi connectivity index (χ3n) is 2.22. The van der Waals surface area contributed by atoms with Gasteiger partial charge in [-0.15, -0.1) is 0 Å². The van der Waals surface area contributed by atoms with Crippen LogP contribution in [0.5, 0.6) is 0 Å². The van der Waals surface area contributed by atoms with Gasteiger partial charge in [0.05, 0.1) is 6.61 Å². The molecule has 3 heteroatoms. The zero-order valence-corrected chi connectivity index (χ0v) is 9.34. The molecule has 1 aromatic rings. The normalized spacial score (nSPS) is 10.9. The number of halogens is 1. The van der Waals surface area contributed by atoms with Crippen LogP contribution in [0.15, 0.2) is 18.2 Å². The second kappa shape index (κ2) is 5.35. The highest BCUT2D eigenvalue weighted by atomic mass is 35.5. The van der Waals surface area contributed by atoms with Crippen LogP contribution in [0.4, 0.5) is 0 Å². The number of nitrogens with two attached hydrogens (primary N) is 1. The van der Waals surface area contributed by atoms with Gasteiger partial charge in [-0.05, 0) is 35.6 Å². The smallest absolute Gasteiger partial charge is 0.0719 e. The third-order valence-corrected chi connectivity index (χ3v) is 2.45. The highest BCUT2D eigenvalue weighted by Gasteiger charge is 2.06. The van der Waals surface area contributed by atoms with Crippen LogP contribution in [0.3, 0.4) is 0 Å². The maximum atomic E-state index is 5.93. The molecule has 0 spiro atoms. The quantitative estimate of drug-likeness (QED) is 0.781. The van der Waals surface area contributed by atoms with E-state index < -0.39 is 0 Å². The summed E-state index contributed by atoms with van der Waals surface area (Å²) in [5.74, 6) is 5.51. The van der Waals surface area contributed by atoms with Crippen molar-refractivity contribution in [1.29, 1.82) is 0 Å². The van der Waals surface area contributed by atoms with Gasteiger partial charge in [-0.25, -0.2) is 5.90 Å². The average molecular weight is 214 g/mol. The lowest BCUT2D eigenvalue weighted by Crippen LogP contribution is -2.06. The molecule has 0 aliphatic heterocycles. The van der Waals surface area contributed by atoms with Crippen molar-refractivity contribution >= 4 is 11.6 Å². The van der Waals surface area contributed by atoms with Gasteiger partial charge in [-0.1, -0.05) is 31.5 Å². The fourth-order valence-electron chi connectivity index (χ4n) is 1.52. The van der Waals surface area contributed by atoms with Crippen molar-refractivity contribution in [2.24, 2.45) is 5.90 Å². The summed E-state index contributed by atoms with van der Waals surface area (Å²) in [4.78, 5) is 4.58. The van der Waals surface area contributed by atoms with Gasteiger partial charge in [0, 0.05) is 5.02 Å². The summed E-state index contributed by atoms with van der Waals surface area (Å²) in [6.07, 6.45) is 0.810. The highest BCUT2D eigenvalue weighted by molar-refractivity contribution is 6.30. The standard InChI is InChI=1S/C11H16ClNO/c1-8(2)11-4-3-10(12)7-9(11)5-6-14-13/h3-4,7-8H,5-6,13H2,1-2H3. The van der Waals surface area contributed by atoms with Crippen LogP contribution >= 0.6 is 11.6 Å². The lowest BCUT2D eigenvalue weighted by atomic mass is 9.96. The average Bonchev–Trinajstić information content (AvgIpc) is 2.14. The maximum absolute atomic E-state index is 5.93. The first-order valence-electron chi connectivity index (χ1n) is 4.75. The molecule has 0 saturated heterocycles. The number of hydrogen-bond acceptors (Lipinski definition) is 2. The Morgan fingerprint density at radius 2 is 2.14 bits per heavy atom. The van der Waals surface area contributed by atoms with Crippen LogP contribution in [0.1, 0.15) is 30.9 Å². The number of benzene rings is 1. The molecule has 0 amide bonds. The van der Waals surface area contributed by atoms with Crippen molar-refractivity contribution in [2.45, 2.75) is 26.2 Å². The minimum Gasteiger partial charge on any atom is -0.304 e. The summed E-state index contributed by atoms with van der Waals surface area (Å²) in [5.41, 5.74) is 2.53. The molecule has 0 radical (unpaired) electrons. The molecule has 2 N–H and O–H groups in total. The summed E-state index contributed by atoms with van der Waals surface area (Å²) in [6.45, 7) is 4.85. The summed E-state index contributed by atoms with van der Waals surface area (Å²) in [7, 11) is 0. The van der Waals surface area contributed by atoms with Crippen molar-refractivity contribution in [3.63, 3.8) is 0 Å². The van der Waals surface area contributed by atoms with E-state index in [1.165, 1.54) is 11.1 Å². The Labute approximate surface area is 90.0 Å². The fraction of sp³-hybridized carbons (Fsp3) is 0.455. The number of rotatable bonds is 4. The van der Waals surface area contributed by atoms with Gasteiger partial charge in [0.25, 0.3) is 0 Å². The number of hydrogen-bond donors (Lipinski definition) is 1. The fourth-order valence-corrected chi connectivity index (χ4v) is 1.72. The molecule has 0 aliphatic rings. The molecule has 1 aromatic carbocycles. The van der Waals surface area contributed by atoms with Crippen LogP contribution in [0.25, 0.3) is 0 Å². The van der Waals surface area contributed by atoms with E-state index in [0.717, 1.165) is 11.4 Å². The van der Waals surface area contributed by atoms with E-state index >= 15 is 0 Å². The Bertz CT molecular complexity index is 299. The lowest BCUT2D eigenvalue weighted by Gasteiger charge is -2.12. The van der Waals surface area contributed by atoms with E-state index in [1.807, 2.05) is 12.1 Å². The lowest BCUT2D eigenvalue weighted by molar-refractivity contribution is 0.141. The van der Waals surface area contributed by atoms with Gasteiger partial charge in [-0.3, -0.25) is 0 Å². The van der Waals surface area contributed by atoms with Crippen LogP contribution < -0.4 is 5.90 Å². The minimum absolute atomic E-state index is 0.500. The van der Waals surface area contributed by atoms with E-state index in [0.29, 0.717) is 12.5 Å². The molecule has 0 atom stereocenters. The van der Waals surface area contributed by atoms with Gasteiger partial charge in [0.15, 0.2) is 0 Å². The molecule has 0 heterocycles. The van der Waals surface area contributed by atoms with Crippen molar-refractivity contribution in [3.8, 4) is 0 Å². The summed E-state index contributed by atoms with van der Waals surface area (Å²) >= 11 is 5.93. The predicted octanol–water partition coefficient (Wildman–Crippen LogP) is 2.90. The monoisotopic (exact) mass is 213 g/mol. The first-order chi connectivity index (χ1) is 6.65. The maximum Gasteiger partial charge on any atom is 0.0719 e. The molecular formula is C11H16ClNO. The second-order valence-corrected chi connectivity index (χ2v) is 4.06. The first kappa shape index (κ1) is 11.5. The molecule has 78 valence electrons. The predicted molar refractivity (Wildman–Crippen MR) is 59.4 cm³/mol. The minimum atomic E-state index is 0.500. The van der Waals surface area contributed by atoms with E-state index in [2.05, 4.69) is 24.8 Å². The Hall–Kier alpha value is -0.570. The largest absolute Gasteiger partial charge is 0.304 e. The topological polar surface area (TPSA) is 35.2 Å². The highest BCUT2D eigenvalue weighted by Crippen LogP contribution is 2.23. The first-order valence-corrected chi connectivity index (χ1v) is 5.13.